The van der Waals surface area contributed by atoms with Gasteiger partial charge in [-0.2, -0.15) is 0 Å². The molecule has 14 heavy (non-hydrogen) atoms. The van der Waals surface area contributed by atoms with Gasteiger partial charge in [-0.3, -0.25) is 20.2 Å². The Hall–Kier alpha value is -2.11. The van der Waals surface area contributed by atoms with E-state index in [1.807, 2.05) is 0 Å². The van der Waals surface area contributed by atoms with E-state index in [0.717, 1.165) is 5.56 Å². The molecule has 0 unspecified atom stereocenters. The second kappa shape index (κ2) is 3.33. The van der Waals surface area contributed by atoms with E-state index in [4.69, 9.17) is 4.42 Å². The summed E-state index contributed by atoms with van der Waals surface area (Å²) in [4.78, 5) is 25.4. The number of guanidine groups is 1. The Bertz CT molecular complexity index is 376. The van der Waals surface area contributed by atoms with Crippen molar-refractivity contribution in [3.05, 3.63) is 24.2 Å². The van der Waals surface area contributed by atoms with Crippen LogP contribution in [-0.4, -0.2) is 17.8 Å². The van der Waals surface area contributed by atoms with Crippen LogP contribution in [0.15, 0.2) is 28.0 Å². The van der Waals surface area contributed by atoms with E-state index in [1.54, 1.807) is 12.3 Å². The van der Waals surface area contributed by atoms with Crippen molar-refractivity contribution in [1.82, 2.24) is 10.6 Å². The Morgan fingerprint density at radius 3 is 2.57 bits per heavy atom. The standard InChI is InChI=1S/C8H7N3O3/c12-6-7(13)11-8(10-6)9-3-5-1-2-14-4-5/h1-2,4H,3H2,(H2,9,10,11,12,13). The highest BCUT2D eigenvalue weighted by molar-refractivity contribution is 6.45. The summed E-state index contributed by atoms with van der Waals surface area (Å²) >= 11 is 0. The smallest absolute Gasteiger partial charge is 0.316 e. The molecule has 0 atom stereocenters. The third-order valence-electron chi connectivity index (χ3n) is 1.67. The van der Waals surface area contributed by atoms with E-state index in [0.29, 0.717) is 6.54 Å². The third-order valence-corrected chi connectivity index (χ3v) is 1.67. The van der Waals surface area contributed by atoms with Crippen molar-refractivity contribution >= 4 is 17.8 Å². The molecule has 72 valence electrons. The topological polar surface area (TPSA) is 83.7 Å². The van der Waals surface area contributed by atoms with Gasteiger partial charge in [0, 0.05) is 5.56 Å². The normalized spacial score (nSPS) is 15.3. The number of furan rings is 1. The van der Waals surface area contributed by atoms with Gasteiger partial charge in [-0.05, 0) is 6.07 Å². The Morgan fingerprint density at radius 2 is 2.00 bits per heavy atom. The van der Waals surface area contributed by atoms with Crippen molar-refractivity contribution in [2.24, 2.45) is 4.99 Å². The van der Waals surface area contributed by atoms with Crippen LogP contribution in [0.25, 0.3) is 0 Å². The van der Waals surface area contributed by atoms with Gasteiger partial charge in [-0.25, -0.2) is 4.99 Å². The van der Waals surface area contributed by atoms with Crippen molar-refractivity contribution in [2.75, 3.05) is 0 Å². The number of hydrogen-bond acceptors (Lipinski definition) is 4. The van der Waals surface area contributed by atoms with E-state index in [1.165, 1.54) is 6.26 Å². The van der Waals surface area contributed by atoms with E-state index < -0.39 is 11.8 Å². The number of hydrogen-bond donors (Lipinski definition) is 2. The maximum atomic E-state index is 10.7. The van der Waals surface area contributed by atoms with Crippen LogP contribution in [0.5, 0.6) is 0 Å². The largest absolute Gasteiger partial charge is 0.472 e. The van der Waals surface area contributed by atoms with E-state index in [2.05, 4.69) is 15.6 Å². The van der Waals surface area contributed by atoms with Gasteiger partial charge in [0.1, 0.15) is 0 Å². The molecule has 2 rings (SSSR count). The SMILES string of the molecule is O=C1NC(=NCc2ccoc2)NC1=O. The molecule has 0 aromatic carbocycles. The Labute approximate surface area is 79.0 Å². The molecule has 0 bridgehead atoms. The predicted molar refractivity (Wildman–Crippen MR) is 46.1 cm³/mol. The average molecular weight is 193 g/mol. The number of carbonyl (C=O) groups is 2. The van der Waals surface area contributed by atoms with Crippen LogP contribution in [0, 0.1) is 0 Å². The van der Waals surface area contributed by atoms with Gasteiger partial charge in [0.15, 0.2) is 0 Å². The molecule has 1 fully saturated rings. The third kappa shape index (κ3) is 1.63. The second-order valence-corrected chi connectivity index (χ2v) is 2.70. The number of rotatable bonds is 2. The minimum Gasteiger partial charge on any atom is -0.472 e. The zero-order chi connectivity index (χ0) is 9.97. The first-order valence-corrected chi connectivity index (χ1v) is 3.93. The predicted octanol–water partition coefficient (Wildman–Crippen LogP) is -0.618. The summed E-state index contributed by atoms with van der Waals surface area (Å²) < 4.78 is 4.83. The number of aliphatic imine (C=N–C) groups is 1. The van der Waals surface area contributed by atoms with Gasteiger partial charge in [0.05, 0.1) is 19.1 Å². The van der Waals surface area contributed by atoms with Crippen LogP contribution >= 0.6 is 0 Å². The van der Waals surface area contributed by atoms with Crippen molar-refractivity contribution in [2.45, 2.75) is 6.54 Å². The molecular weight excluding hydrogens is 186 g/mol. The Balaban J connectivity index is 2.00. The van der Waals surface area contributed by atoms with E-state index in [9.17, 15) is 9.59 Å². The van der Waals surface area contributed by atoms with Gasteiger partial charge in [-0.1, -0.05) is 0 Å². The zero-order valence-corrected chi connectivity index (χ0v) is 7.11. The fourth-order valence-electron chi connectivity index (χ4n) is 0.992. The van der Waals surface area contributed by atoms with Crippen molar-refractivity contribution in [3.8, 4) is 0 Å². The maximum absolute atomic E-state index is 10.7. The summed E-state index contributed by atoms with van der Waals surface area (Å²) in [7, 11) is 0. The lowest BCUT2D eigenvalue weighted by Crippen LogP contribution is -2.25. The number of amides is 2. The fourth-order valence-corrected chi connectivity index (χ4v) is 0.992. The maximum Gasteiger partial charge on any atom is 0.316 e. The summed E-state index contributed by atoms with van der Waals surface area (Å²) in [6.07, 6.45) is 3.07. The molecule has 2 amide bonds. The number of carbonyl (C=O) groups excluding carboxylic acids is 2. The summed E-state index contributed by atoms with van der Waals surface area (Å²) in [6, 6.07) is 1.75. The minimum atomic E-state index is -0.684. The van der Waals surface area contributed by atoms with Crippen LogP contribution in [0.1, 0.15) is 5.56 Å². The van der Waals surface area contributed by atoms with Crippen LogP contribution in [0.3, 0.4) is 0 Å². The van der Waals surface area contributed by atoms with Crippen molar-refractivity contribution in [1.29, 1.82) is 0 Å². The first kappa shape index (κ1) is 8.49. The fraction of sp³-hybridized carbons (Fsp3) is 0.125. The molecule has 0 radical (unpaired) electrons. The van der Waals surface area contributed by atoms with Crippen molar-refractivity contribution in [3.63, 3.8) is 0 Å². The first-order chi connectivity index (χ1) is 6.75. The number of nitrogens with one attached hydrogen (secondary N) is 2. The van der Waals surface area contributed by atoms with Crippen molar-refractivity contribution < 1.29 is 14.0 Å². The molecule has 6 heteroatoms. The molecule has 0 aliphatic carbocycles. The van der Waals surface area contributed by atoms with Gasteiger partial charge in [0.2, 0.25) is 5.96 Å². The van der Waals surface area contributed by atoms with Crippen LogP contribution in [0.2, 0.25) is 0 Å². The highest BCUT2D eigenvalue weighted by Crippen LogP contribution is 2.01. The second-order valence-electron chi connectivity index (χ2n) is 2.70. The summed E-state index contributed by atoms with van der Waals surface area (Å²) in [6.45, 7) is 0.354. The highest BCUT2D eigenvalue weighted by atomic mass is 16.3. The average Bonchev–Trinajstić information content (AvgIpc) is 2.74. The first-order valence-electron chi connectivity index (χ1n) is 3.93. The van der Waals surface area contributed by atoms with E-state index >= 15 is 0 Å². The molecule has 1 aliphatic rings. The van der Waals surface area contributed by atoms with Gasteiger partial charge < -0.3 is 4.42 Å². The van der Waals surface area contributed by atoms with Gasteiger partial charge in [-0.15, -0.1) is 0 Å². The molecule has 1 aliphatic heterocycles. The molecule has 0 saturated carbocycles. The lowest BCUT2D eigenvalue weighted by atomic mass is 10.3. The lowest BCUT2D eigenvalue weighted by Gasteiger charge is -1.93. The summed E-state index contributed by atoms with van der Waals surface area (Å²) in [5.41, 5.74) is 0.868. The Kier molecular flexibility index (Phi) is 2.02. The van der Waals surface area contributed by atoms with E-state index in [-0.39, 0.29) is 5.96 Å². The lowest BCUT2D eigenvalue weighted by molar-refractivity contribution is -0.135. The Morgan fingerprint density at radius 1 is 1.29 bits per heavy atom. The molecule has 1 aromatic heterocycles. The summed E-state index contributed by atoms with van der Waals surface area (Å²) in [5, 5.41) is 4.57. The molecule has 0 spiro atoms. The quantitative estimate of drug-likeness (QED) is 0.614. The monoisotopic (exact) mass is 193 g/mol. The van der Waals surface area contributed by atoms with Crippen LogP contribution < -0.4 is 10.6 Å². The molecule has 1 aromatic rings. The zero-order valence-electron chi connectivity index (χ0n) is 7.11. The molecular formula is C8H7N3O3. The summed E-state index contributed by atoms with van der Waals surface area (Å²) in [5.74, 6) is -1.19. The molecule has 2 heterocycles. The minimum absolute atomic E-state index is 0.182. The molecule has 1 saturated heterocycles. The van der Waals surface area contributed by atoms with Crippen LogP contribution in [0.4, 0.5) is 0 Å². The molecule has 2 N–H and O–H groups in total. The van der Waals surface area contributed by atoms with Gasteiger partial charge in [0.25, 0.3) is 0 Å². The van der Waals surface area contributed by atoms with Crippen LogP contribution in [-0.2, 0) is 16.1 Å². The molecule has 6 nitrogen and oxygen atoms in total. The van der Waals surface area contributed by atoms with Gasteiger partial charge >= 0.3 is 11.8 Å². The highest BCUT2D eigenvalue weighted by Gasteiger charge is 2.24. The number of nitrogens with zero attached hydrogens (tertiary/aromatic N) is 1.